The largest absolute Gasteiger partial charge is 0.469 e. The molecular weight excluding hydrogens is 675 g/mol. The van der Waals surface area contributed by atoms with Gasteiger partial charge < -0.3 is 19.8 Å². The van der Waals surface area contributed by atoms with Crippen LogP contribution in [0.15, 0.2) is 83.3 Å². The van der Waals surface area contributed by atoms with Crippen molar-refractivity contribution in [3.63, 3.8) is 0 Å². The molecule has 9 nitrogen and oxygen atoms in total. The number of esters is 1. The molecule has 2 N–H and O–H groups in total. The van der Waals surface area contributed by atoms with E-state index in [2.05, 4.69) is 17.9 Å². The molecule has 12 heteroatoms. The van der Waals surface area contributed by atoms with Crippen molar-refractivity contribution in [1.29, 1.82) is 0 Å². The fraction of sp³-hybridized carbons (Fsp3) is 0.306. The zero-order valence-corrected chi connectivity index (χ0v) is 30.6. The van der Waals surface area contributed by atoms with Crippen molar-refractivity contribution in [1.82, 2.24) is 4.90 Å². The maximum atomic E-state index is 12.9. The third kappa shape index (κ3) is 11.2. The maximum Gasteiger partial charge on any atom is 0.305 e. The number of furan rings is 1. The number of fused-ring (bicyclic) bond motifs is 2. The summed E-state index contributed by atoms with van der Waals surface area (Å²) in [6.07, 6.45) is 4.02. The zero-order chi connectivity index (χ0) is 36.6. The number of primary amides is 1. The summed E-state index contributed by atoms with van der Waals surface area (Å²) in [6, 6.07) is 15.5. The van der Waals surface area contributed by atoms with Gasteiger partial charge in [-0.25, -0.2) is 8.42 Å². The van der Waals surface area contributed by atoms with Crippen molar-refractivity contribution < 1.29 is 32.0 Å². The van der Waals surface area contributed by atoms with E-state index in [-0.39, 0.29) is 38.8 Å². The summed E-state index contributed by atoms with van der Waals surface area (Å²) in [6.45, 7) is 14.9. The van der Waals surface area contributed by atoms with Crippen LogP contribution in [0.1, 0.15) is 71.5 Å². The summed E-state index contributed by atoms with van der Waals surface area (Å²) >= 11 is 12.5. The fourth-order valence-electron chi connectivity index (χ4n) is 4.60. The molecule has 48 heavy (non-hydrogen) atoms. The van der Waals surface area contributed by atoms with Crippen molar-refractivity contribution >= 4 is 61.8 Å². The molecule has 2 heterocycles. The minimum atomic E-state index is -3.19. The van der Waals surface area contributed by atoms with Crippen LogP contribution in [0.2, 0.25) is 10.0 Å². The SMILES string of the molecule is C=C.CC.CC.COC(=O)CCc1cccc(S(C)(=O)=O)c1.NC(=O)c1c(Cl)cc2c(c1Cl)CCN(C(=O)c1ccc3ccoc3c1)C2. The van der Waals surface area contributed by atoms with Gasteiger partial charge in [0.05, 0.1) is 33.9 Å². The van der Waals surface area contributed by atoms with E-state index < -0.39 is 15.7 Å². The van der Waals surface area contributed by atoms with E-state index in [0.29, 0.717) is 37.1 Å². The number of carbonyl (C=O) groups excluding carboxylic acids is 3. The minimum Gasteiger partial charge on any atom is -0.469 e. The van der Waals surface area contributed by atoms with Gasteiger partial charge in [-0.15, -0.1) is 13.2 Å². The first kappa shape index (κ1) is 41.9. The van der Waals surface area contributed by atoms with Crippen LogP contribution in [-0.2, 0) is 38.8 Å². The first-order valence-electron chi connectivity index (χ1n) is 15.3. The molecule has 0 aliphatic carbocycles. The van der Waals surface area contributed by atoms with E-state index >= 15 is 0 Å². The van der Waals surface area contributed by atoms with Gasteiger partial charge in [-0.3, -0.25) is 14.4 Å². The van der Waals surface area contributed by atoms with Crippen LogP contribution in [-0.4, -0.2) is 51.0 Å². The average Bonchev–Trinajstić information content (AvgIpc) is 3.57. The normalized spacial score (nSPS) is 11.5. The van der Waals surface area contributed by atoms with E-state index in [1.807, 2.05) is 39.8 Å². The smallest absolute Gasteiger partial charge is 0.305 e. The number of nitrogens with two attached hydrogens (primary N) is 1. The molecule has 5 rings (SSSR count). The molecule has 260 valence electrons. The van der Waals surface area contributed by atoms with Gasteiger partial charge >= 0.3 is 5.97 Å². The number of sulfone groups is 1. The summed E-state index contributed by atoms with van der Waals surface area (Å²) in [5.74, 6) is -1.06. The Morgan fingerprint density at radius 1 is 1.00 bits per heavy atom. The van der Waals surface area contributed by atoms with E-state index in [1.54, 1.807) is 47.6 Å². The van der Waals surface area contributed by atoms with Crippen molar-refractivity contribution in [3.05, 3.63) is 112 Å². The molecule has 0 bridgehead atoms. The van der Waals surface area contributed by atoms with Crippen molar-refractivity contribution in [2.75, 3.05) is 19.9 Å². The monoisotopic (exact) mass is 718 g/mol. The highest BCUT2D eigenvalue weighted by molar-refractivity contribution is 7.90. The van der Waals surface area contributed by atoms with Crippen molar-refractivity contribution in [3.8, 4) is 0 Å². The second kappa shape index (κ2) is 20.3. The average molecular weight is 720 g/mol. The van der Waals surface area contributed by atoms with Crippen LogP contribution in [0.25, 0.3) is 11.0 Å². The number of hydrogen-bond acceptors (Lipinski definition) is 7. The first-order chi connectivity index (χ1) is 22.9. The Morgan fingerprint density at radius 3 is 2.27 bits per heavy atom. The highest BCUT2D eigenvalue weighted by atomic mass is 35.5. The number of nitrogens with zero attached hydrogens (tertiary/aromatic N) is 1. The van der Waals surface area contributed by atoms with Gasteiger partial charge in [0.25, 0.3) is 11.8 Å². The van der Waals surface area contributed by atoms with E-state index in [0.717, 1.165) is 28.3 Å². The second-order valence-electron chi connectivity index (χ2n) is 9.69. The van der Waals surface area contributed by atoms with Crippen LogP contribution in [0, 0.1) is 0 Å². The number of ether oxygens (including phenoxy) is 1. The number of benzene rings is 3. The quantitative estimate of drug-likeness (QED) is 0.157. The lowest BCUT2D eigenvalue weighted by Gasteiger charge is -2.30. The summed E-state index contributed by atoms with van der Waals surface area (Å²) in [7, 11) is -1.86. The zero-order valence-electron chi connectivity index (χ0n) is 28.3. The topological polar surface area (TPSA) is 137 Å². The van der Waals surface area contributed by atoms with E-state index in [4.69, 9.17) is 33.4 Å². The summed E-state index contributed by atoms with van der Waals surface area (Å²) in [4.78, 5) is 37.3. The van der Waals surface area contributed by atoms with Crippen LogP contribution in [0.5, 0.6) is 0 Å². The fourth-order valence-corrected chi connectivity index (χ4v) is 6.07. The second-order valence-corrected chi connectivity index (χ2v) is 12.5. The molecule has 0 saturated heterocycles. The Morgan fingerprint density at radius 2 is 1.67 bits per heavy atom. The molecule has 0 fully saturated rings. The molecule has 0 spiro atoms. The predicted octanol–water partition coefficient (Wildman–Crippen LogP) is 8.09. The minimum absolute atomic E-state index is 0.0971. The van der Waals surface area contributed by atoms with Gasteiger partial charge in [-0.05, 0) is 65.9 Å². The van der Waals surface area contributed by atoms with Gasteiger partial charge in [0.2, 0.25) is 0 Å². The Bertz CT molecular complexity index is 1800. The summed E-state index contributed by atoms with van der Waals surface area (Å²) < 4.78 is 32.5. The highest BCUT2D eigenvalue weighted by Crippen LogP contribution is 2.34. The molecule has 1 aliphatic heterocycles. The third-order valence-corrected chi connectivity index (χ3v) is 8.64. The molecule has 0 saturated carbocycles. The van der Waals surface area contributed by atoms with Crippen molar-refractivity contribution in [2.45, 2.75) is 58.4 Å². The lowest BCUT2D eigenvalue weighted by atomic mass is 9.96. The molecule has 1 aliphatic rings. The Kier molecular flexibility index (Phi) is 17.7. The number of carbonyl (C=O) groups is 3. The molecule has 3 aromatic carbocycles. The number of rotatable bonds is 6. The lowest BCUT2D eigenvalue weighted by molar-refractivity contribution is -0.140. The molecule has 0 unspecified atom stereocenters. The number of halogens is 2. The van der Waals surface area contributed by atoms with E-state index in [1.165, 1.54) is 13.2 Å². The molecule has 1 aromatic heterocycles. The standard InChI is InChI=1S/C19H14Cl2N2O3.C11H14O4S.2C2H6.C2H4/c20-14-7-12-9-23(5-3-13(12)17(21)16(14)18(22)24)19(25)11-2-1-10-4-6-26-15(10)8-11;1-15-11(12)7-6-9-4-3-5-10(8-9)16(2,13)14;3*1-2/h1-2,4,6-8H,3,5,9H2,(H2,22,24);3-5,8H,6-7H2,1-2H3;2*1-2H3;1-2H2. The molecule has 0 atom stereocenters. The lowest BCUT2D eigenvalue weighted by Crippen LogP contribution is -2.36. The maximum absolute atomic E-state index is 12.9. The highest BCUT2D eigenvalue weighted by Gasteiger charge is 2.27. The first-order valence-corrected chi connectivity index (χ1v) is 18.0. The molecule has 4 aromatic rings. The molecule has 2 amide bonds. The van der Waals surface area contributed by atoms with Crippen LogP contribution >= 0.6 is 23.2 Å². The van der Waals surface area contributed by atoms with Crippen LogP contribution in [0.3, 0.4) is 0 Å². The third-order valence-electron chi connectivity index (χ3n) is 6.81. The number of amides is 2. The Labute approximate surface area is 293 Å². The van der Waals surface area contributed by atoms with Gasteiger partial charge in [-0.1, -0.05) is 69.1 Å². The molecular formula is C36H44Cl2N2O7S. The number of aryl methyl sites for hydroxylation is 1. The van der Waals surface area contributed by atoms with Gasteiger partial charge in [-0.2, -0.15) is 0 Å². The van der Waals surface area contributed by atoms with Crippen molar-refractivity contribution in [2.24, 2.45) is 5.73 Å². The number of methoxy groups -OCH3 is 1. The number of hydrogen-bond donors (Lipinski definition) is 1. The van der Waals surface area contributed by atoms with E-state index in [9.17, 15) is 22.8 Å². The van der Waals surface area contributed by atoms with Crippen LogP contribution < -0.4 is 5.73 Å². The Balaban J connectivity index is 0.000000452. The predicted molar refractivity (Wildman–Crippen MR) is 193 cm³/mol. The van der Waals surface area contributed by atoms with Gasteiger partial charge in [0.1, 0.15) is 5.58 Å². The van der Waals surface area contributed by atoms with Gasteiger partial charge in [0, 0.05) is 36.7 Å². The Hall–Kier alpha value is -4.12. The summed E-state index contributed by atoms with van der Waals surface area (Å²) in [5, 5.41) is 1.43. The van der Waals surface area contributed by atoms with Gasteiger partial charge in [0.15, 0.2) is 9.84 Å². The molecule has 0 radical (unpaired) electrons. The summed E-state index contributed by atoms with van der Waals surface area (Å²) in [5.41, 5.74) is 9.17. The van der Waals surface area contributed by atoms with Crippen LogP contribution in [0.4, 0.5) is 0 Å².